The molecule has 4 N–H and O–H groups in total. The molecule has 1 aliphatic rings. The van der Waals surface area contributed by atoms with Crippen LogP contribution in [0.4, 0.5) is 25.8 Å². The summed E-state index contributed by atoms with van der Waals surface area (Å²) < 4.78 is 29.4. The van der Waals surface area contributed by atoms with Crippen LogP contribution in [0, 0.1) is 18.6 Å². The van der Waals surface area contributed by atoms with E-state index in [1.807, 2.05) is 24.9 Å². The Kier molecular flexibility index (Phi) is 11.9. The Bertz CT molecular complexity index is 1640. The molecule has 242 valence electrons. The van der Waals surface area contributed by atoms with Gasteiger partial charge in [0, 0.05) is 60.3 Å². The number of rotatable bonds is 13. The molecule has 5 nitrogen and oxygen atoms in total. The molecule has 0 unspecified atom stereocenters. The van der Waals surface area contributed by atoms with Crippen molar-refractivity contribution in [1.29, 1.82) is 0 Å². The van der Waals surface area contributed by atoms with Gasteiger partial charge in [0.05, 0.1) is 5.69 Å². The molecular weight excluding hydrogens is 597 g/mol. The molecule has 1 aliphatic heterocycles. The van der Waals surface area contributed by atoms with E-state index in [1.54, 1.807) is 30.8 Å². The van der Waals surface area contributed by atoms with Crippen molar-refractivity contribution in [3.05, 3.63) is 137 Å². The molecule has 0 radical (unpaired) electrons. The van der Waals surface area contributed by atoms with E-state index in [4.69, 9.17) is 5.73 Å². The Morgan fingerprint density at radius 1 is 1.02 bits per heavy atom. The summed E-state index contributed by atoms with van der Waals surface area (Å²) in [5, 5.41) is 6.30. The molecule has 0 aromatic heterocycles. The minimum atomic E-state index is -0.425. The predicted octanol–water partition coefficient (Wildman–Crippen LogP) is 9.30. The second kappa shape index (κ2) is 15.8. The maximum absolute atomic E-state index is 15.0. The van der Waals surface area contributed by atoms with Gasteiger partial charge in [-0.1, -0.05) is 55.3 Å². The average Bonchev–Trinajstić information content (AvgIpc) is 3.01. The lowest BCUT2D eigenvalue weighted by molar-refractivity contribution is 0.228. The van der Waals surface area contributed by atoms with Crippen LogP contribution < -0.4 is 21.3 Å². The molecule has 1 heterocycles. The van der Waals surface area contributed by atoms with E-state index in [0.29, 0.717) is 28.3 Å². The number of hydrogen-bond acceptors (Lipinski definition) is 6. The van der Waals surface area contributed by atoms with E-state index in [0.717, 1.165) is 43.7 Å². The molecular formula is C38H45F2N5S. The van der Waals surface area contributed by atoms with Crippen molar-refractivity contribution in [3.8, 4) is 0 Å². The lowest BCUT2D eigenvalue weighted by Crippen LogP contribution is -2.46. The van der Waals surface area contributed by atoms with Crippen LogP contribution in [-0.4, -0.2) is 37.6 Å². The Morgan fingerprint density at radius 2 is 1.72 bits per heavy atom. The van der Waals surface area contributed by atoms with Crippen LogP contribution in [0.3, 0.4) is 0 Å². The van der Waals surface area contributed by atoms with Crippen LogP contribution in [0.5, 0.6) is 0 Å². The molecule has 8 heteroatoms. The Labute approximate surface area is 277 Å². The quantitative estimate of drug-likeness (QED) is 0.128. The second-order valence-electron chi connectivity index (χ2n) is 11.7. The summed E-state index contributed by atoms with van der Waals surface area (Å²) in [5.41, 5.74) is 11.9. The minimum Gasteiger partial charge on any atom is -0.399 e. The number of anilines is 3. The average molecular weight is 642 g/mol. The fourth-order valence-corrected chi connectivity index (χ4v) is 6.36. The van der Waals surface area contributed by atoms with E-state index >= 15 is 4.39 Å². The summed E-state index contributed by atoms with van der Waals surface area (Å²) in [5.74, 6) is -0.309. The first-order valence-electron chi connectivity index (χ1n) is 15.4. The Balaban J connectivity index is 1.46. The SMILES string of the molecule is C=C(C)/C(=C\C=C(/C)Sc1ccc(NC)cc1)CN1CCC(N(C(=C)Nc2cc(C(=C)N)c(C)cc2F)c2cccc(F)c2)CC1. The van der Waals surface area contributed by atoms with E-state index in [2.05, 4.69) is 78.6 Å². The van der Waals surface area contributed by atoms with Crippen LogP contribution >= 0.6 is 11.8 Å². The van der Waals surface area contributed by atoms with Crippen molar-refractivity contribution in [2.75, 3.05) is 42.2 Å². The van der Waals surface area contributed by atoms with Gasteiger partial charge in [0.1, 0.15) is 17.5 Å². The van der Waals surface area contributed by atoms with Crippen LogP contribution in [0.25, 0.3) is 5.70 Å². The lowest BCUT2D eigenvalue weighted by atomic mass is 10.00. The minimum absolute atomic E-state index is 0.0283. The zero-order chi connectivity index (χ0) is 33.4. The number of piperidine rings is 1. The summed E-state index contributed by atoms with van der Waals surface area (Å²) in [6, 6.07) is 17.9. The van der Waals surface area contributed by atoms with Crippen LogP contribution in [0.2, 0.25) is 0 Å². The van der Waals surface area contributed by atoms with Crippen molar-refractivity contribution < 1.29 is 8.78 Å². The molecule has 4 rings (SSSR count). The second-order valence-corrected chi connectivity index (χ2v) is 13.0. The van der Waals surface area contributed by atoms with Crippen LogP contribution in [-0.2, 0) is 0 Å². The third-order valence-corrected chi connectivity index (χ3v) is 9.09. The summed E-state index contributed by atoms with van der Waals surface area (Å²) in [7, 11) is 1.92. The summed E-state index contributed by atoms with van der Waals surface area (Å²) in [4.78, 5) is 6.79. The third-order valence-electron chi connectivity index (χ3n) is 8.12. The molecule has 0 spiro atoms. The Morgan fingerprint density at radius 3 is 2.33 bits per heavy atom. The van der Waals surface area contributed by atoms with Crippen molar-refractivity contribution >= 4 is 34.5 Å². The van der Waals surface area contributed by atoms with Gasteiger partial charge in [-0.15, -0.1) is 0 Å². The predicted molar refractivity (Wildman–Crippen MR) is 194 cm³/mol. The number of thioether (sulfide) groups is 1. The molecule has 0 bridgehead atoms. The van der Waals surface area contributed by atoms with Crippen molar-refractivity contribution in [2.45, 2.75) is 44.6 Å². The zero-order valence-electron chi connectivity index (χ0n) is 27.3. The van der Waals surface area contributed by atoms with Gasteiger partial charge in [-0.25, -0.2) is 8.78 Å². The maximum atomic E-state index is 15.0. The molecule has 3 aromatic carbocycles. The number of nitrogens with zero attached hydrogens (tertiary/aromatic N) is 2. The fraction of sp³-hybridized carbons (Fsp3) is 0.263. The standard InChI is InChI=1S/C38H45F2N5S/c1-25(2)30(12-11-27(4)46-35-15-13-32(42-7)14-16-35)24-44-19-17-33(18-20-44)45(34-10-8-9-31(39)22-34)29(6)43-38-23-36(28(5)41)26(3)21-37(38)40/h8-16,21-23,33,42-43H,1,5-6,17-20,24,41H2,2-4,7H3/b27-11+,30-12-. The molecule has 0 amide bonds. The maximum Gasteiger partial charge on any atom is 0.146 e. The normalized spacial score (nSPS) is 14.6. The third kappa shape index (κ3) is 9.14. The monoisotopic (exact) mass is 641 g/mol. The number of nitrogens with one attached hydrogen (secondary N) is 2. The van der Waals surface area contributed by atoms with Crippen LogP contribution in [0.15, 0.2) is 119 Å². The molecule has 46 heavy (non-hydrogen) atoms. The van der Waals surface area contributed by atoms with E-state index in [1.165, 1.54) is 33.6 Å². The summed E-state index contributed by atoms with van der Waals surface area (Å²) in [6.45, 7) is 20.7. The summed E-state index contributed by atoms with van der Waals surface area (Å²) >= 11 is 1.74. The highest BCUT2D eigenvalue weighted by Crippen LogP contribution is 2.32. The van der Waals surface area contributed by atoms with Crippen molar-refractivity contribution in [2.24, 2.45) is 5.73 Å². The molecule has 0 atom stereocenters. The van der Waals surface area contributed by atoms with Gasteiger partial charge < -0.3 is 21.3 Å². The first-order valence-corrected chi connectivity index (χ1v) is 16.2. The topological polar surface area (TPSA) is 56.6 Å². The van der Waals surface area contributed by atoms with Crippen molar-refractivity contribution in [1.82, 2.24) is 4.90 Å². The number of nitrogens with two attached hydrogens (primary N) is 1. The largest absolute Gasteiger partial charge is 0.399 e. The Hall–Kier alpha value is -4.27. The van der Waals surface area contributed by atoms with Gasteiger partial charge in [-0.2, -0.15) is 0 Å². The first kappa shape index (κ1) is 34.6. The lowest BCUT2D eigenvalue weighted by Gasteiger charge is -2.41. The zero-order valence-corrected chi connectivity index (χ0v) is 28.1. The number of aryl methyl sites for hydroxylation is 1. The molecule has 1 fully saturated rings. The highest BCUT2D eigenvalue weighted by atomic mass is 32.2. The van der Waals surface area contributed by atoms with Gasteiger partial charge in [0.25, 0.3) is 0 Å². The molecule has 1 saturated heterocycles. The number of allylic oxidation sites excluding steroid dienone is 3. The molecule has 3 aromatic rings. The van der Waals surface area contributed by atoms with E-state index < -0.39 is 5.82 Å². The smallest absolute Gasteiger partial charge is 0.146 e. The number of benzene rings is 3. The molecule has 0 saturated carbocycles. The van der Waals surface area contributed by atoms with Crippen LogP contribution in [0.1, 0.15) is 37.8 Å². The number of likely N-dealkylation sites (tertiary alicyclic amines) is 1. The van der Waals surface area contributed by atoms with E-state index in [-0.39, 0.29) is 17.5 Å². The highest BCUT2D eigenvalue weighted by molar-refractivity contribution is 8.03. The number of halogens is 2. The van der Waals surface area contributed by atoms with Gasteiger partial charge in [-0.3, -0.25) is 4.90 Å². The number of hydrogen-bond donors (Lipinski definition) is 3. The summed E-state index contributed by atoms with van der Waals surface area (Å²) in [6.07, 6.45) is 5.96. The fourth-order valence-electron chi connectivity index (χ4n) is 5.58. The van der Waals surface area contributed by atoms with Gasteiger partial charge >= 0.3 is 0 Å². The van der Waals surface area contributed by atoms with Gasteiger partial charge in [0.2, 0.25) is 0 Å². The van der Waals surface area contributed by atoms with E-state index in [9.17, 15) is 4.39 Å². The highest BCUT2D eigenvalue weighted by Gasteiger charge is 2.28. The first-order chi connectivity index (χ1) is 21.9. The van der Waals surface area contributed by atoms with Gasteiger partial charge in [-0.05, 0) is 104 Å². The van der Waals surface area contributed by atoms with Gasteiger partial charge in [0.15, 0.2) is 0 Å². The van der Waals surface area contributed by atoms with Crippen molar-refractivity contribution in [3.63, 3.8) is 0 Å². The molecule has 0 aliphatic carbocycles.